The van der Waals surface area contributed by atoms with Crippen LogP contribution in [0.5, 0.6) is 0 Å². The van der Waals surface area contributed by atoms with Gasteiger partial charge in [-0.1, -0.05) is 12.7 Å². The van der Waals surface area contributed by atoms with Crippen molar-refractivity contribution in [3.8, 4) is 0 Å². The normalized spacial score (nSPS) is 9.33. The summed E-state index contributed by atoms with van der Waals surface area (Å²) in [5.41, 5.74) is 4.74. The Labute approximate surface area is 53.8 Å². The Morgan fingerprint density at radius 3 is 2.89 bits per heavy atom. The van der Waals surface area contributed by atoms with Crippen molar-refractivity contribution >= 4 is 5.91 Å². The fourth-order valence-corrected chi connectivity index (χ4v) is 0.239. The van der Waals surface area contributed by atoms with Crippen LogP contribution in [0.3, 0.4) is 0 Å². The van der Waals surface area contributed by atoms with Gasteiger partial charge in [0.05, 0.1) is 6.26 Å². The number of ether oxygens (including phenoxy) is 1. The molecule has 0 rings (SSSR count). The highest BCUT2D eigenvalue weighted by molar-refractivity contribution is 5.85. The summed E-state index contributed by atoms with van der Waals surface area (Å²) in [5, 5.41) is 0. The minimum Gasteiger partial charge on any atom is -0.497 e. The van der Waals surface area contributed by atoms with Gasteiger partial charge in [-0.25, -0.2) is 0 Å². The SMILES string of the molecule is C=CCOC=CC(N)=O. The van der Waals surface area contributed by atoms with Crippen LogP contribution in [0.1, 0.15) is 0 Å². The first-order valence-corrected chi connectivity index (χ1v) is 2.46. The van der Waals surface area contributed by atoms with Crippen molar-refractivity contribution in [2.24, 2.45) is 5.73 Å². The molecule has 0 aliphatic heterocycles. The lowest BCUT2D eigenvalue weighted by atomic mass is 10.6. The number of hydrogen-bond acceptors (Lipinski definition) is 2. The summed E-state index contributed by atoms with van der Waals surface area (Å²) in [5.74, 6) is -0.515. The van der Waals surface area contributed by atoms with Crippen molar-refractivity contribution in [2.45, 2.75) is 0 Å². The smallest absolute Gasteiger partial charge is 0.244 e. The monoisotopic (exact) mass is 127 g/mol. The quantitative estimate of drug-likeness (QED) is 0.253. The first kappa shape index (κ1) is 7.75. The van der Waals surface area contributed by atoms with Crippen LogP contribution < -0.4 is 5.73 Å². The van der Waals surface area contributed by atoms with Gasteiger partial charge in [-0.3, -0.25) is 4.79 Å². The third-order valence-electron chi connectivity index (χ3n) is 0.543. The molecule has 0 unspecified atom stereocenters. The largest absolute Gasteiger partial charge is 0.497 e. The molecule has 0 aliphatic carbocycles. The maximum absolute atomic E-state index is 9.99. The van der Waals surface area contributed by atoms with E-state index in [1.54, 1.807) is 6.08 Å². The molecule has 0 aromatic heterocycles. The van der Waals surface area contributed by atoms with Gasteiger partial charge in [-0.15, -0.1) is 0 Å². The Bertz CT molecular complexity index is 129. The molecule has 1 amide bonds. The van der Waals surface area contributed by atoms with E-state index in [0.717, 1.165) is 6.08 Å². The van der Waals surface area contributed by atoms with E-state index in [1.807, 2.05) is 0 Å². The van der Waals surface area contributed by atoms with E-state index in [1.165, 1.54) is 6.26 Å². The molecule has 9 heavy (non-hydrogen) atoms. The molecule has 0 saturated heterocycles. The van der Waals surface area contributed by atoms with Gasteiger partial charge in [0, 0.05) is 6.08 Å². The number of nitrogens with two attached hydrogens (primary N) is 1. The van der Waals surface area contributed by atoms with Crippen LogP contribution in [-0.4, -0.2) is 12.5 Å². The second kappa shape index (κ2) is 4.90. The van der Waals surface area contributed by atoms with Crippen molar-refractivity contribution in [1.29, 1.82) is 0 Å². The summed E-state index contributed by atoms with van der Waals surface area (Å²) in [6.45, 7) is 3.79. The predicted molar refractivity (Wildman–Crippen MR) is 34.5 cm³/mol. The van der Waals surface area contributed by atoms with Crippen LogP contribution in [-0.2, 0) is 9.53 Å². The van der Waals surface area contributed by atoms with E-state index in [4.69, 9.17) is 10.5 Å². The summed E-state index contributed by atoms with van der Waals surface area (Å²) in [4.78, 5) is 9.99. The Hall–Kier alpha value is -1.25. The van der Waals surface area contributed by atoms with Gasteiger partial charge < -0.3 is 10.5 Å². The van der Waals surface area contributed by atoms with Gasteiger partial charge in [0.15, 0.2) is 0 Å². The molecule has 0 aromatic rings. The van der Waals surface area contributed by atoms with E-state index in [0.29, 0.717) is 6.61 Å². The second-order valence-corrected chi connectivity index (χ2v) is 1.33. The molecule has 0 saturated carbocycles. The first-order valence-electron chi connectivity index (χ1n) is 2.46. The molecule has 2 N–H and O–H groups in total. The van der Waals surface area contributed by atoms with Crippen molar-refractivity contribution in [3.63, 3.8) is 0 Å². The average Bonchev–Trinajstić information content (AvgIpc) is 1.80. The van der Waals surface area contributed by atoms with Crippen molar-refractivity contribution in [1.82, 2.24) is 0 Å². The zero-order valence-corrected chi connectivity index (χ0v) is 5.04. The molecule has 50 valence electrons. The first-order chi connectivity index (χ1) is 4.27. The predicted octanol–water partition coefficient (Wildman–Crippen LogP) is 0.188. The molecule has 0 bridgehead atoms. The lowest BCUT2D eigenvalue weighted by molar-refractivity contribution is -0.113. The number of carbonyl (C=O) groups is 1. The van der Waals surface area contributed by atoms with E-state index in [9.17, 15) is 4.79 Å². The fraction of sp³-hybridized carbons (Fsp3) is 0.167. The van der Waals surface area contributed by atoms with E-state index >= 15 is 0 Å². The van der Waals surface area contributed by atoms with Crippen LogP contribution in [0.2, 0.25) is 0 Å². The zero-order valence-electron chi connectivity index (χ0n) is 5.04. The standard InChI is InChI=1S/C6H9NO2/c1-2-4-9-5-3-6(7)8/h2-3,5H,1,4H2,(H2,7,8). The Morgan fingerprint density at radius 1 is 1.78 bits per heavy atom. The van der Waals surface area contributed by atoms with Gasteiger partial charge in [-0.2, -0.15) is 0 Å². The van der Waals surface area contributed by atoms with Crippen LogP contribution in [0, 0.1) is 0 Å². The van der Waals surface area contributed by atoms with Crippen LogP contribution in [0.4, 0.5) is 0 Å². The fourth-order valence-electron chi connectivity index (χ4n) is 0.239. The molecule has 0 fully saturated rings. The van der Waals surface area contributed by atoms with Gasteiger partial charge in [0.1, 0.15) is 6.61 Å². The number of primary amides is 1. The summed E-state index contributed by atoms with van der Waals surface area (Å²) in [6.07, 6.45) is 3.96. The molecule has 0 aromatic carbocycles. The van der Waals surface area contributed by atoms with Gasteiger partial charge in [0.2, 0.25) is 5.91 Å². The molecule has 0 radical (unpaired) electrons. The Balaban J connectivity index is 3.24. The lowest BCUT2D eigenvalue weighted by Gasteiger charge is -1.89. The van der Waals surface area contributed by atoms with Gasteiger partial charge >= 0.3 is 0 Å². The summed E-state index contributed by atoms with van der Waals surface area (Å²) in [6, 6.07) is 0. The van der Waals surface area contributed by atoms with Crippen molar-refractivity contribution < 1.29 is 9.53 Å². The highest BCUT2D eigenvalue weighted by Crippen LogP contribution is 1.76. The summed E-state index contributed by atoms with van der Waals surface area (Å²) < 4.78 is 4.69. The van der Waals surface area contributed by atoms with Gasteiger partial charge in [0.25, 0.3) is 0 Å². The maximum atomic E-state index is 9.99. The molecular weight excluding hydrogens is 118 g/mol. The summed E-state index contributed by atoms with van der Waals surface area (Å²) in [7, 11) is 0. The van der Waals surface area contributed by atoms with Crippen molar-refractivity contribution in [3.05, 3.63) is 25.0 Å². The highest BCUT2D eigenvalue weighted by atomic mass is 16.5. The van der Waals surface area contributed by atoms with E-state index in [-0.39, 0.29) is 0 Å². The highest BCUT2D eigenvalue weighted by Gasteiger charge is 1.79. The topological polar surface area (TPSA) is 52.3 Å². The zero-order chi connectivity index (χ0) is 7.11. The molecule has 0 heterocycles. The maximum Gasteiger partial charge on any atom is 0.244 e. The van der Waals surface area contributed by atoms with Crippen molar-refractivity contribution in [2.75, 3.05) is 6.61 Å². The average molecular weight is 127 g/mol. The molecule has 3 nitrogen and oxygen atoms in total. The van der Waals surface area contributed by atoms with Crippen LogP contribution in [0.25, 0.3) is 0 Å². The third-order valence-corrected chi connectivity index (χ3v) is 0.543. The molecule has 0 spiro atoms. The Morgan fingerprint density at radius 2 is 2.44 bits per heavy atom. The number of carbonyl (C=O) groups excluding carboxylic acids is 1. The lowest BCUT2D eigenvalue weighted by Crippen LogP contribution is -2.05. The Kier molecular flexibility index (Phi) is 4.22. The van der Waals surface area contributed by atoms with E-state index < -0.39 is 5.91 Å². The minimum absolute atomic E-state index is 0.393. The molecule has 0 aliphatic rings. The van der Waals surface area contributed by atoms with Gasteiger partial charge in [-0.05, 0) is 0 Å². The molecule has 0 atom stereocenters. The second-order valence-electron chi connectivity index (χ2n) is 1.33. The third kappa shape index (κ3) is 6.75. The van der Waals surface area contributed by atoms with Crippen LogP contribution >= 0.6 is 0 Å². The summed E-state index contributed by atoms with van der Waals surface area (Å²) >= 11 is 0. The minimum atomic E-state index is -0.515. The van der Waals surface area contributed by atoms with E-state index in [2.05, 4.69) is 6.58 Å². The molecule has 3 heteroatoms. The number of rotatable bonds is 4. The number of amides is 1. The number of hydrogen-bond donors (Lipinski definition) is 1. The molecular formula is C6H9NO2. The van der Waals surface area contributed by atoms with Crippen LogP contribution in [0.15, 0.2) is 25.0 Å².